The highest BCUT2D eigenvalue weighted by atomic mass is 35.5. The van der Waals surface area contributed by atoms with Gasteiger partial charge in [-0.2, -0.15) is 0 Å². The number of nitrogens with zero attached hydrogens (tertiary/aromatic N) is 1. The van der Waals surface area contributed by atoms with Gasteiger partial charge in [-0.3, -0.25) is 14.7 Å². The standard InChI is InChI=1S/C23H24Cl4N4O2/c1-2-3-4-5-6-7-21(32)28-15-8-9-16(25)19(12-15)29-20-13-22(33)31(30-20)23-17(26)10-14(24)11-18(23)27/h8-13,29-30H,2-7H2,1H3,(H,28,32). The van der Waals surface area contributed by atoms with Crippen LogP contribution in [0.1, 0.15) is 45.4 Å². The number of anilines is 3. The zero-order valence-electron chi connectivity index (χ0n) is 18.0. The van der Waals surface area contributed by atoms with Crippen LogP contribution in [-0.2, 0) is 4.79 Å². The predicted octanol–water partition coefficient (Wildman–Crippen LogP) is 7.82. The molecule has 0 unspecified atom stereocenters. The second kappa shape index (κ2) is 11.8. The number of H-pyrrole nitrogens is 1. The van der Waals surface area contributed by atoms with E-state index in [-0.39, 0.29) is 27.2 Å². The van der Waals surface area contributed by atoms with Crippen molar-refractivity contribution in [3.05, 3.63) is 66.8 Å². The third-order valence-electron chi connectivity index (χ3n) is 4.95. The van der Waals surface area contributed by atoms with E-state index in [2.05, 4.69) is 22.7 Å². The number of halogens is 4. The Morgan fingerprint density at radius 2 is 1.64 bits per heavy atom. The van der Waals surface area contributed by atoms with Gasteiger partial charge >= 0.3 is 0 Å². The van der Waals surface area contributed by atoms with Crippen LogP contribution in [0, 0.1) is 0 Å². The molecule has 0 aliphatic carbocycles. The molecule has 176 valence electrons. The first kappa shape index (κ1) is 25.5. The zero-order chi connectivity index (χ0) is 24.0. The van der Waals surface area contributed by atoms with E-state index < -0.39 is 0 Å². The maximum absolute atomic E-state index is 12.5. The Morgan fingerprint density at radius 1 is 0.939 bits per heavy atom. The van der Waals surface area contributed by atoms with Crippen LogP contribution in [-0.4, -0.2) is 15.7 Å². The fourth-order valence-electron chi connectivity index (χ4n) is 3.33. The molecule has 3 rings (SSSR count). The van der Waals surface area contributed by atoms with Crippen LogP contribution in [0.25, 0.3) is 5.69 Å². The van der Waals surface area contributed by atoms with Crippen LogP contribution in [0.2, 0.25) is 20.1 Å². The van der Waals surface area contributed by atoms with Crippen LogP contribution in [0.4, 0.5) is 17.2 Å². The van der Waals surface area contributed by atoms with E-state index in [0.29, 0.717) is 33.7 Å². The summed E-state index contributed by atoms with van der Waals surface area (Å²) < 4.78 is 1.21. The van der Waals surface area contributed by atoms with Crippen LogP contribution in [0.5, 0.6) is 0 Å². The number of nitrogens with one attached hydrogen (secondary N) is 3. The van der Waals surface area contributed by atoms with Gasteiger partial charge in [0.15, 0.2) is 0 Å². The van der Waals surface area contributed by atoms with Gasteiger partial charge in [0.2, 0.25) is 5.91 Å². The van der Waals surface area contributed by atoms with E-state index in [1.54, 1.807) is 18.2 Å². The summed E-state index contributed by atoms with van der Waals surface area (Å²) in [6, 6.07) is 9.44. The highest BCUT2D eigenvalue weighted by Gasteiger charge is 2.15. The molecule has 1 aromatic heterocycles. The molecule has 3 N–H and O–H groups in total. The molecule has 0 saturated heterocycles. The Morgan fingerprint density at radius 3 is 2.33 bits per heavy atom. The van der Waals surface area contributed by atoms with Gasteiger partial charge in [0.1, 0.15) is 11.5 Å². The summed E-state index contributed by atoms with van der Waals surface area (Å²) in [4.78, 5) is 24.8. The van der Waals surface area contributed by atoms with E-state index in [1.807, 2.05) is 0 Å². The molecule has 0 spiro atoms. The van der Waals surface area contributed by atoms with E-state index >= 15 is 0 Å². The van der Waals surface area contributed by atoms with Crippen molar-refractivity contribution in [2.75, 3.05) is 10.6 Å². The first-order valence-corrected chi connectivity index (χ1v) is 12.1. The smallest absolute Gasteiger partial charge is 0.273 e. The number of amides is 1. The molecular formula is C23H24Cl4N4O2. The van der Waals surface area contributed by atoms with Crippen LogP contribution in [0.3, 0.4) is 0 Å². The van der Waals surface area contributed by atoms with Crippen molar-refractivity contribution < 1.29 is 4.79 Å². The lowest BCUT2D eigenvalue weighted by Crippen LogP contribution is -2.14. The molecule has 2 aromatic carbocycles. The van der Waals surface area contributed by atoms with Gasteiger partial charge in [0.25, 0.3) is 5.56 Å². The molecule has 0 fully saturated rings. The molecule has 10 heteroatoms. The highest BCUT2D eigenvalue weighted by molar-refractivity contribution is 6.40. The summed E-state index contributed by atoms with van der Waals surface area (Å²) in [5, 5.41) is 10.1. The third-order valence-corrected chi connectivity index (χ3v) is 6.08. The van der Waals surface area contributed by atoms with Crippen LogP contribution in [0.15, 0.2) is 41.2 Å². The molecule has 3 aromatic rings. The SMILES string of the molecule is CCCCCCCC(=O)Nc1ccc(Cl)c(Nc2cc(=O)n(-c3c(Cl)cc(Cl)cc3Cl)[nH]2)c1. The fourth-order valence-corrected chi connectivity index (χ4v) is 4.48. The second-order valence-corrected chi connectivity index (χ2v) is 9.25. The molecule has 0 atom stereocenters. The maximum Gasteiger partial charge on any atom is 0.273 e. The molecule has 0 radical (unpaired) electrons. The lowest BCUT2D eigenvalue weighted by atomic mass is 10.1. The molecular weight excluding hydrogens is 506 g/mol. The van der Waals surface area contributed by atoms with Crippen molar-refractivity contribution in [2.45, 2.75) is 45.4 Å². The minimum Gasteiger partial charge on any atom is -0.339 e. The van der Waals surface area contributed by atoms with Crippen molar-refractivity contribution in [1.29, 1.82) is 0 Å². The zero-order valence-corrected chi connectivity index (χ0v) is 21.0. The third kappa shape index (κ3) is 6.93. The molecule has 0 bridgehead atoms. The maximum atomic E-state index is 12.5. The lowest BCUT2D eigenvalue weighted by molar-refractivity contribution is -0.116. The Kier molecular flexibility index (Phi) is 9.15. The van der Waals surface area contributed by atoms with Crippen LogP contribution >= 0.6 is 46.4 Å². The van der Waals surface area contributed by atoms with Gasteiger partial charge in [0, 0.05) is 23.2 Å². The number of aromatic amines is 1. The first-order chi connectivity index (χ1) is 15.8. The minimum absolute atomic E-state index is 0.0497. The molecule has 6 nitrogen and oxygen atoms in total. The number of aromatic nitrogens is 2. The van der Waals surface area contributed by atoms with E-state index in [1.165, 1.54) is 35.7 Å². The molecule has 1 heterocycles. The first-order valence-electron chi connectivity index (χ1n) is 10.6. The molecule has 33 heavy (non-hydrogen) atoms. The van der Waals surface area contributed by atoms with Crippen molar-refractivity contribution >= 4 is 69.5 Å². The summed E-state index contributed by atoms with van der Waals surface area (Å²) in [6.45, 7) is 2.16. The number of carbonyl (C=O) groups excluding carboxylic acids is 1. The number of unbranched alkanes of at least 4 members (excludes halogenated alkanes) is 4. The van der Waals surface area contributed by atoms with Crippen LogP contribution < -0.4 is 16.2 Å². The number of rotatable bonds is 10. The van der Waals surface area contributed by atoms with Gasteiger partial charge < -0.3 is 10.6 Å². The van der Waals surface area contributed by atoms with Gasteiger partial charge in [-0.15, -0.1) is 0 Å². The highest BCUT2D eigenvalue weighted by Crippen LogP contribution is 2.32. The number of hydrogen-bond donors (Lipinski definition) is 3. The largest absolute Gasteiger partial charge is 0.339 e. The Balaban J connectivity index is 1.72. The topological polar surface area (TPSA) is 78.9 Å². The summed E-state index contributed by atoms with van der Waals surface area (Å²) in [6.07, 6.45) is 5.86. The van der Waals surface area contributed by atoms with Crippen molar-refractivity contribution in [3.63, 3.8) is 0 Å². The average Bonchev–Trinajstić information content (AvgIpc) is 3.09. The number of carbonyl (C=O) groups is 1. The van der Waals surface area contributed by atoms with Gasteiger partial charge in [0.05, 0.1) is 20.8 Å². The summed E-state index contributed by atoms with van der Waals surface area (Å²) >= 11 is 24.7. The molecule has 0 saturated carbocycles. The summed E-state index contributed by atoms with van der Waals surface area (Å²) in [7, 11) is 0. The Bertz CT molecular complexity index is 1170. The van der Waals surface area contributed by atoms with Gasteiger partial charge in [-0.1, -0.05) is 79.0 Å². The molecule has 1 amide bonds. The number of hydrogen-bond acceptors (Lipinski definition) is 3. The quantitative estimate of drug-likeness (QED) is 0.234. The van der Waals surface area contributed by atoms with Crippen molar-refractivity contribution in [3.8, 4) is 5.69 Å². The minimum atomic E-state index is -0.382. The number of benzene rings is 2. The van der Waals surface area contributed by atoms with Crippen molar-refractivity contribution in [2.24, 2.45) is 0 Å². The molecule has 0 aliphatic rings. The van der Waals surface area contributed by atoms with E-state index in [9.17, 15) is 9.59 Å². The van der Waals surface area contributed by atoms with E-state index in [4.69, 9.17) is 46.4 Å². The van der Waals surface area contributed by atoms with Gasteiger partial charge in [-0.05, 0) is 36.8 Å². The van der Waals surface area contributed by atoms with Crippen molar-refractivity contribution in [1.82, 2.24) is 9.78 Å². The Hall–Kier alpha value is -2.12. The van der Waals surface area contributed by atoms with Gasteiger partial charge in [-0.25, -0.2) is 4.68 Å². The second-order valence-electron chi connectivity index (χ2n) is 7.59. The average molecular weight is 530 g/mol. The Labute approximate surface area is 212 Å². The normalized spacial score (nSPS) is 10.9. The predicted molar refractivity (Wildman–Crippen MR) is 138 cm³/mol. The fraction of sp³-hybridized carbons (Fsp3) is 0.304. The monoisotopic (exact) mass is 528 g/mol. The van der Waals surface area contributed by atoms with E-state index in [0.717, 1.165) is 19.3 Å². The molecule has 0 aliphatic heterocycles. The summed E-state index contributed by atoms with van der Waals surface area (Å²) in [5.41, 5.74) is 1.02. The lowest BCUT2D eigenvalue weighted by Gasteiger charge is -2.11. The summed E-state index contributed by atoms with van der Waals surface area (Å²) in [5.74, 6) is 0.315.